The van der Waals surface area contributed by atoms with E-state index in [1.54, 1.807) is 4.68 Å². The maximum absolute atomic E-state index is 11.4. The van der Waals surface area contributed by atoms with Crippen molar-refractivity contribution in [3.05, 3.63) is 71.5 Å². The van der Waals surface area contributed by atoms with Gasteiger partial charge in [-0.3, -0.25) is 4.79 Å². The topological polar surface area (TPSA) is 57.0 Å². The van der Waals surface area contributed by atoms with Crippen molar-refractivity contribution in [3.63, 3.8) is 0 Å². The summed E-state index contributed by atoms with van der Waals surface area (Å²) in [7, 11) is 0. The number of rotatable bonds is 5. The summed E-state index contributed by atoms with van der Waals surface area (Å²) in [4.78, 5) is 11.4. The lowest BCUT2D eigenvalue weighted by Gasteiger charge is -2.08. The Morgan fingerprint density at radius 3 is 2.39 bits per heavy atom. The molecule has 23 heavy (non-hydrogen) atoms. The van der Waals surface area contributed by atoms with E-state index in [4.69, 9.17) is 4.74 Å². The molecule has 0 spiro atoms. The monoisotopic (exact) mass is 307 g/mol. The van der Waals surface area contributed by atoms with E-state index in [1.807, 2.05) is 61.5 Å². The highest BCUT2D eigenvalue weighted by Crippen LogP contribution is 2.18. The summed E-state index contributed by atoms with van der Waals surface area (Å²) in [6, 6.07) is 17.6. The Hall–Kier alpha value is -2.95. The first kappa shape index (κ1) is 15.0. The molecule has 0 aliphatic carbocycles. The third kappa shape index (κ3) is 3.29. The molecule has 0 aliphatic heterocycles. The van der Waals surface area contributed by atoms with E-state index < -0.39 is 0 Å². The molecule has 3 rings (SSSR count). The highest BCUT2D eigenvalue weighted by atomic mass is 16.5. The van der Waals surface area contributed by atoms with Gasteiger partial charge in [0.15, 0.2) is 11.5 Å². The Bertz CT molecular complexity index is 808. The molecule has 0 amide bonds. The molecule has 0 N–H and O–H groups in total. The lowest BCUT2D eigenvalue weighted by atomic mass is 10.2. The van der Waals surface area contributed by atoms with E-state index in [0.29, 0.717) is 12.3 Å². The van der Waals surface area contributed by atoms with Gasteiger partial charge in [0.05, 0.1) is 11.4 Å². The average Bonchev–Trinajstić information content (AvgIpc) is 2.96. The lowest BCUT2D eigenvalue weighted by molar-refractivity contribution is 0.101. The molecular formula is C18H17N3O2. The molecule has 0 aliphatic rings. The minimum atomic E-state index is -0.0865. The third-order valence-corrected chi connectivity index (χ3v) is 3.56. The molecule has 3 aromatic rings. The molecule has 0 saturated carbocycles. The summed E-state index contributed by atoms with van der Waals surface area (Å²) in [5, 5.41) is 7.96. The van der Waals surface area contributed by atoms with Crippen LogP contribution in [-0.4, -0.2) is 20.8 Å². The smallest absolute Gasteiger partial charge is 0.181 e. The molecule has 116 valence electrons. The number of Topliss-reactive ketones (excluding diaryl/α,β-unsaturated/α-hetero) is 1. The van der Waals surface area contributed by atoms with Crippen molar-refractivity contribution in [2.24, 2.45) is 0 Å². The number of carbonyl (C=O) groups is 1. The summed E-state index contributed by atoms with van der Waals surface area (Å²) in [5.41, 5.74) is 3.09. The number of hydrogen-bond donors (Lipinski definition) is 0. The standard InChI is InChI=1S/C18H17N3O2/c1-13-18(14(2)22)19-20-21(13)16-8-10-17(11-9-16)23-12-15-6-4-3-5-7-15/h3-11H,12H2,1-2H3. The van der Waals surface area contributed by atoms with E-state index in [9.17, 15) is 4.79 Å². The van der Waals surface area contributed by atoms with Crippen LogP contribution in [0.1, 0.15) is 28.7 Å². The summed E-state index contributed by atoms with van der Waals surface area (Å²) >= 11 is 0. The number of ketones is 1. The van der Waals surface area contributed by atoms with Crippen molar-refractivity contribution < 1.29 is 9.53 Å². The van der Waals surface area contributed by atoms with Gasteiger partial charge in [0.2, 0.25) is 0 Å². The first-order valence-electron chi connectivity index (χ1n) is 7.35. The molecule has 0 fully saturated rings. The number of hydrogen-bond acceptors (Lipinski definition) is 4. The van der Waals surface area contributed by atoms with Gasteiger partial charge in [-0.15, -0.1) is 5.10 Å². The number of ether oxygens (including phenoxy) is 1. The fourth-order valence-electron chi connectivity index (χ4n) is 2.32. The first-order valence-corrected chi connectivity index (χ1v) is 7.35. The molecular weight excluding hydrogens is 290 g/mol. The van der Waals surface area contributed by atoms with Crippen LogP contribution < -0.4 is 4.74 Å². The van der Waals surface area contributed by atoms with Gasteiger partial charge in [-0.25, -0.2) is 4.68 Å². The minimum Gasteiger partial charge on any atom is -0.489 e. The zero-order valence-electron chi connectivity index (χ0n) is 13.1. The third-order valence-electron chi connectivity index (χ3n) is 3.56. The summed E-state index contributed by atoms with van der Waals surface area (Å²) < 4.78 is 7.41. The largest absolute Gasteiger partial charge is 0.489 e. The van der Waals surface area contributed by atoms with E-state index in [-0.39, 0.29) is 5.78 Å². The van der Waals surface area contributed by atoms with Crippen molar-refractivity contribution in [2.45, 2.75) is 20.5 Å². The second kappa shape index (κ2) is 6.44. The number of benzene rings is 2. The molecule has 5 nitrogen and oxygen atoms in total. The molecule has 1 heterocycles. The van der Waals surface area contributed by atoms with E-state index in [2.05, 4.69) is 10.3 Å². The second-order valence-electron chi connectivity index (χ2n) is 5.26. The zero-order valence-corrected chi connectivity index (χ0v) is 13.1. The molecule has 0 bridgehead atoms. The summed E-state index contributed by atoms with van der Waals surface area (Å²) in [6.07, 6.45) is 0. The van der Waals surface area contributed by atoms with Crippen LogP contribution in [-0.2, 0) is 6.61 Å². The van der Waals surface area contributed by atoms with Gasteiger partial charge in [-0.05, 0) is 36.8 Å². The lowest BCUT2D eigenvalue weighted by Crippen LogP contribution is -2.01. The maximum Gasteiger partial charge on any atom is 0.181 e. The van der Waals surface area contributed by atoms with Crippen LogP contribution >= 0.6 is 0 Å². The molecule has 2 aromatic carbocycles. The van der Waals surface area contributed by atoms with Crippen LogP contribution in [0.3, 0.4) is 0 Å². The Morgan fingerprint density at radius 2 is 1.78 bits per heavy atom. The van der Waals surface area contributed by atoms with Gasteiger partial charge in [0.1, 0.15) is 12.4 Å². The SMILES string of the molecule is CC(=O)c1nnn(-c2ccc(OCc3ccccc3)cc2)c1C. The van der Waals surface area contributed by atoms with E-state index in [1.165, 1.54) is 6.92 Å². The van der Waals surface area contributed by atoms with Crippen molar-refractivity contribution in [2.75, 3.05) is 0 Å². The zero-order chi connectivity index (χ0) is 16.2. The van der Waals surface area contributed by atoms with Gasteiger partial charge in [-0.1, -0.05) is 35.5 Å². The highest BCUT2D eigenvalue weighted by molar-refractivity contribution is 5.93. The van der Waals surface area contributed by atoms with Crippen molar-refractivity contribution in [3.8, 4) is 11.4 Å². The van der Waals surface area contributed by atoms with Crippen LogP contribution in [0.5, 0.6) is 5.75 Å². The number of nitrogens with zero attached hydrogens (tertiary/aromatic N) is 3. The average molecular weight is 307 g/mol. The Labute approximate surface area is 134 Å². The summed E-state index contributed by atoms with van der Waals surface area (Å²) in [5.74, 6) is 0.693. The molecule has 0 radical (unpaired) electrons. The molecule has 5 heteroatoms. The molecule has 0 saturated heterocycles. The van der Waals surface area contributed by atoms with Crippen LogP contribution in [0.2, 0.25) is 0 Å². The molecule has 0 unspecified atom stereocenters. The van der Waals surface area contributed by atoms with Gasteiger partial charge < -0.3 is 4.74 Å². The van der Waals surface area contributed by atoms with Crippen LogP contribution in [0.4, 0.5) is 0 Å². The van der Waals surface area contributed by atoms with E-state index in [0.717, 1.165) is 22.7 Å². The fraction of sp³-hybridized carbons (Fsp3) is 0.167. The predicted octanol–water partition coefficient (Wildman–Crippen LogP) is 3.36. The summed E-state index contributed by atoms with van der Waals surface area (Å²) in [6.45, 7) is 3.84. The van der Waals surface area contributed by atoms with Gasteiger partial charge >= 0.3 is 0 Å². The van der Waals surface area contributed by atoms with Gasteiger partial charge in [0.25, 0.3) is 0 Å². The Morgan fingerprint density at radius 1 is 1.09 bits per heavy atom. The molecule has 1 aromatic heterocycles. The normalized spacial score (nSPS) is 10.5. The highest BCUT2D eigenvalue weighted by Gasteiger charge is 2.13. The second-order valence-corrected chi connectivity index (χ2v) is 5.26. The number of aromatic nitrogens is 3. The Balaban J connectivity index is 1.73. The predicted molar refractivity (Wildman–Crippen MR) is 86.9 cm³/mol. The molecule has 0 atom stereocenters. The van der Waals surface area contributed by atoms with Crippen molar-refractivity contribution >= 4 is 5.78 Å². The Kier molecular flexibility index (Phi) is 4.19. The first-order chi connectivity index (χ1) is 11.1. The van der Waals surface area contributed by atoms with Gasteiger partial charge in [-0.2, -0.15) is 0 Å². The van der Waals surface area contributed by atoms with Crippen LogP contribution in [0, 0.1) is 6.92 Å². The van der Waals surface area contributed by atoms with Crippen molar-refractivity contribution in [1.82, 2.24) is 15.0 Å². The van der Waals surface area contributed by atoms with Crippen LogP contribution in [0.15, 0.2) is 54.6 Å². The van der Waals surface area contributed by atoms with Crippen LogP contribution in [0.25, 0.3) is 5.69 Å². The van der Waals surface area contributed by atoms with Crippen molar-refractivity contribution in [1.29, 1.82) is 0 Å². The van der Waals surface area contributed by atoms with E-state index >= 15 is 0 Å². The fourth-order valence-corrected chi connectivity index (χ4v) is 2.32. The minimum absolute atomic E-state index is 0.0865. The quantitative estimate of drug-likeness (QED) is 0.678. The maximum atomic E-state index is 11.4. The number of carbonyl (C=O) groups excluding carboxylic acids is 1. The van der Waals surface area contributed by atoms with Gasteiger partial charge in [0, 0.05) is 6.92 Å².